The Morgan fingerprint density at radius 1 is 0.929 bits per heavy atom. The maximum atomic E-state index is 13.0. The van der Waals surface area contributed by atoms with Crippen LogP contribution in [0.15, 0.2) is 29.3 Å². The van der Waals surface area contributed by atoms with E-state index in [1.54, 1.807) is 12.1 Å². The van der Waals surface area contributed by atoms with E-state index in [2.05, 4.69) is 4.90 Å². The van der Waals surface area contributed by atoms with Gasteiger partial charge in [-0.25, -0.2) is 0 Å². The van der Waals surface area contributed by atoms with Gasteiger partial charge in [-0.05, 0) is 80.9 Å². The van der Waals surface area contributed by atoms with Gasteiger partial charge in [0.05, 0.1) is 16.9 Å². The highest BCUT2D eigenvalue weighted by Gasteiger charge is 2.57. The number of likely N-dealkylation sites (tertiary alicyclic amines) is 1. The van der Waals surface area contributed by atoms with Crippen molar-refractivity contribution in [3.05, 3.63) is 35.4 Å². The lowest BCUT2D eigenvalue weighted by molar-refractivity contribution is -0.137. The van der Waals surface area contributed by atoms with Crippen LogP contribution < -0.4 is 0 Å². The summed E-state index contributed by atoms with van der Waals surface area (Å²) in [5.74, 6) is 2.71. The van der Waals surface area contributed by atoms with E-state index < -0.39 is 11.7 Å². The monoisotopic (exact) mass is 390 g/mol. The van der Waals surface area contributed by atoms with Crippen LogP contribution >= 0.6 is 0 Å². The van der Waals surface area contributed by atoms with Crippen LogP contribution in [0.25, 0.3) is 0 Å². The van der Waals surface area contributed by atoms with Gasteiger partial charge in [0.25, 0.3) is 0 Å². The lowest BCUT2D eigenvalue weighted by atomic mass is 9.52. The summed E-state index contributed by atoms with van der Waals surface area (Å²) < 4.78 is 39.1. The van der Waals surface area contributed by atoms with Gasteiger partial charge in [-0.15, -0.1) is 0 Å². The van der Waals surface area contributed by atoms with Crippen LogP contribution in [0, 0.1) is 11.8 Å². The van der Waals surface area contributed by atoms with Crippen LogP contribution in [-0.4, -0.2) is 29.4 Å². The first-order valence-electron chi connectivity index (χ1n) is 11.0. The van der Waals surface area contributed by atoms with Crippen molar-refractivity contribution in [1.82, 2.24) is 4.90 Å². The zero-order chi connectivity index (χ0) is 19.4. The highest BCUT2D eigenvalue weighted by molar-refractivity contribution is 5.85. The topological polar surface area (TPSA) is 15.6 Å². The van der Waals surface area contributed by atoms with Gasteiger partial charge in [0.2, 0.25) is 0 Å². The summed E-state index contributed by atoms with van der Waals surface area (Å²) >= 11 is 0. The van der Waals surface area contributed by atoms with Gasteiger partial charge in [0.1, 0.15) is 0 Å². The highest BCUT2D eigenvalue weighted by atomic mass is 19.4. The first kappa shape index (κ1) is 18.5. The van der Waals surface area contributed by atoms with Crippen molar-refractivity contribution in [2.45, 2.75) is 75.4 Å². The number of piperidine rings is 1. The molecule has 6 rings (SSSR count). The second-order valence-electron chi connectivity index (χ2n) is 9.28. The molecule has 2 atom stereocenters. The average molecular weight is 390 g/mol. The number of fused-ring (bicyclic) bond motifs is 2. The standard InChI is InChI=1S/C23H29F3N2/c24-23(25,26)19-10-6-17(7-11-19)21-16-4-8-18(9-5-16)22(21)13-12-20(27-22)28-14-2-1-3-15-28/h6-7,10-11,16,18,21H,1-5,8-9,12-15H2. The maximum absolute atomic E-state index is 13.0. The van der Waals surface area contributed by atoms with Crippen molar-refractivity contribution in [2.75, 3.05) is 13.1 Å². The molecule has 2 nitrogen and oxygen atoms in total. The molecule has 0 radical (unpaired) electrons. The second kappa shape index (κ2) is 6.77. The van der Waals surface area contributed by atoms with Crippen LogP contribution in [-0.2, 0) is 6.18 Å². The van der Waals surface area contributed by atoms with Crippen LogP contribution in [0.5, 0.6) is 0 Å². The smallest absolute Gasteiger partial charge is 0.360 e. The van der Waals surface area contributed by atoms with Crippen molar-refractivity contribution in [3.63, 3.8) is 0 Å². The van der Waals surface area contributed by atoms with E-state index in [1.807, 2.05) is 0 Å². The molecule has 1 saturated heterocycles. The number of rotatable bonds is 1. The molecule has 5 heteroatoms. The predicted octanol–water partition coefficient (Wildman–Crippen LogP) is 6.03. The molecular formula is C23H29F3N2. The first-order chi connectivity index (χ1) is 13.5. The molecule has 0 N–H and O–H groups in total. The van der Waals surface area contributed by atoms with Gasteiger partial charge in [-0.2, -0.15) is 13.2 Å². The van der Waals surface area contributed by atoms with Gasteiger partial charge in [-0.3, -0.25) is 4.99 Å². The molecule has 2 unspecified atom stereocenters. The summed E-state index contributed by atoms with van der Waals surface area (Å²) in [6.45, 7) is 2.24. The van der Waals surface area contributed by atoms with Gasteiger partial charge < -0.3 is 4.90 Å². The molecule has 152 valence electrons. The molecule has 3 saturated carbocycles. The van der Waals surface area contributed by atoms with E-state index in [-0.39, 0.29) is 11.5 Å². The van der Waals surface area contributed by atoms with Crippen molar-refractivity contribution < 1.29 is 13.2 Å². The summed E-state index contributed by atoms with van der Waals surface area (Å²) in [5, 5.41) is 0. The average Bonchev–Trinajstić information content (AvgIpc) is 3.14. The normalized spacial score (nSPS) is 35.5. The van der Waals surface area contributed by atoms with E-state index in [0.717, 1.165) is 31.5 Å². The molecule has 4 fully saturated rings. The molecular weight excluding hydrogens is 361 g/mol. The van der Waals surface area contributed by atoms with E-state index in [4.69, 9.17) is 4.99 Å². The fourth-order valence-electron chi connectivity index (χ4n) is 6.62. The van der Waals surface area contributed by atoms with Crippen molar-refractivity contribution >= 4 is 5.84 Å². The summed E-state index contributed by atoms with van der Waals surface area (Å²) in [4.78, 5) is 7.93. The van der Waals surface area contributed by atoms with Crippen molar-refractivity contribution in [3.8, 4) is 0 Å². The third-order valence-electron chi connectivity index (χ3n) is 7.89. The summed E-state index contributed by atoms with van der Waals surface area (Å²) in [5.41, 5.74) is 0.453. The Hall–Kier alpha value is -1.52. The number of aliphatic imine (C=N–C) groups is 1. The lowest BCUT2D eigenvalue weighted by Gasteiger charge is -2.54. The van der Waals surface area contributed by atoms with Crippen LogP contribution in [0.4, 0.5) is 13.2 Å². The highest BCUT2D eigenvalue weighted by Crippen LogP contribution is 2.60. The number of alkyl halides is 3. The van der Waals surface area contributed by atoms with E-state index in [1.165, 1.54) is 62.9 Å². The van der Waals surface area contributed by atoms with Crippen LogP contribution in [0.3, 0.4) is 0 Å². The first-order valence-corrected chi connectivity index (χ1v) is 11.0. The fourth-order valence-corrected chi connectivity index (χ4v) is 6.62. The quantitative estimate of drug-likeness (QED) is 0.572. The molecule has 3 aliphatic carbocycles. The Labute approximate surface area is 165 Å². The number of hydrogen-bond donors (Lipinski definition) is 0. The lowest BCUT2D eigenvalue weighted by Crippen LogP contribution is -2.51. The number of amidine groups is 1. The molecule has 0 aromatic heterocycles. The third kappa shape index (κ3) is 2.96. The maximum Gasteiger partial charge on any atom is 0.416 e. The van der Waals surface area contributed by atoms with E-state index in [9.17, 15) is 13.2 Å². The van der Waals surface area contributed by atoms with Crippen molar-refractivity contribution in [2.24, 2.45) is 16.8 Å². The number of halogens is 3. The molecule has 2 bridgehead atoms. The second-order valence-corrected chi connectivity index (χ2v) is 9.28. The molecule has 2 heterocycles. The molecule has 1 aromatic carbocycles. The summed E-state index contributed by atoms with van der Waals surface area (Å²) in [7, 11) is 0. The largest absolute Gasteiger partial charge is 0.416 e. The molecule has 1 spiro atoms. The zero-order valence-electron chi connectivity index (χ0n) is 16.3. The Balaban J connectivity index is 1.50. The molecule has 0 amide bonds. The van der Waals surface area contributed by atoms with Crippen molar-refractivity contribution in [1.29, 1.82) is 0 Å². The molecule has 2 aliphatic heterocycles. The number of hydrogen-bond acceptors (Lipinski definition) is 2. The predicted molar refractivity (Wildman–Crippen MR) is 104 cm³/mol. The summed E-state index contributed by atoms with van der Waals surface area (Å²) in [6, 6.07) is 6.03. The molecule has 1 aromatic rings. The Morgan fingerprint density at radius 3 is 2.25 bits per heavy atom. The Bertz CT molecular complexity index is 740. The molecule has 28 heavy (non-hydrogen) atoms. The SMILES string of the molecule is FC(F)(F)c1ccc(C2C3CCC(CC3)C23CCC(N2CCCCC2)=N3)cc1. The number of nitrogens with zero attached hydrogens (tertiary/aromatic N) is 2. The minimum Gasteiger partial charge on any atom is -0.360 e. The summed E-state index contributed by atoms with van der Waals surface area (Å²) in [6.07, 6.45) is 6.53. The minimum absolute atomic E-state index is 0.0757. The van der Waals surface area contributed by atoms with Gasteiger partial charge in [-0.1, -0.05) is 12.1 Å². The minimum atomic E-state index is -4.27. The Morgan fingerprint density at radius 2 is 1.61 bits per heavy atom. The van der Waals surface area contributed by atoms with Crippen LogP contribution in [0.2, 0.25) is 0 Å². The Kier molecular flexibility index (Phi) is 4.48. The van der Waals surface area contributed by atoms with E-state index in [0.29, 0.717) is 11.8 Å². The fraction of sp³-hybridized carbons (Fsp3) is 0.696. The van der Waals surface area contributed by atoms with Crippen LogP contribution in [0.1, 0.15) is 74.8 Å². The number of benzene rings is 1. The van der Waals surface area contributed by atoms with Gasteiger partial charge in [0.15, 0.2) is 0 Å². The zero-order valence-corrected chi connectivity index (χ0v) is 16.3. The van der Waals surface area contributed by atoms with Gasteiger partial charge >= 0.3 is 6.18 Å². The molecule has 5 aliphatic rings. The van der Waals surface area contributed by atoms with Gasteiger partial charge in [0, 0.05) is 25.4 Å². The third-order valence-corrected chi connectivity index (χ3v) is 7.89. The van der Waals surface area contributed by atoms with E-state index >= 15 is 0 Å².